The van der Waals surface area contributed by atoms with Crippen LogP contribution < -0.4 is 5.73 Å². The third kappa shape index (κ3) is 2.48. The molecule has 0 unspecified atom stereocenters. The Bertz CT molecular complexity index is 418. The van der Waals surface area contributed by atoms with Gasteiger partial charge >= 0.3 is 6.18 Å². The SMILES string of the molecule is Cc1ccc([C@@H](N)C(F)(F)F)cc1[N+](=O)[O-]. The van der Waals surface area contributed by atoms with Crippen molar-refractivity contribution in [1.29, 1.82) is 0 Å². The number of nitro benzene ring substituents is 1. The van der Waals surface area contributed by atoms with Crippen LogP contribution in [-0.2, 0) is 0 Å². The van der Waals surface area contributed by atoms with Gasteiger partial charge in [0.1, 0.15) is 6.04 Å². The Morgan fingerprint density at radius 1 is 1.44 bits per heavy atom. The van der Waals surface area contributed by atoms with Crippen molar-refractivity contribution in [2.45, 2.75) is 19.1 Å². The second kappa shape index (κ2) is 4.09. The van der Waals surface area contributed by atoms with E-state index in [1.807, 2.05) is 0 Å². The second-order valence-corrected chi connectivity index (χ2v) is 3.32. The fourth-order valence-corrected chi connectivity index (χ4v) is 1.21. The first kappa shape index (κ1) is 12.4. The van der Waals surface area contributed by atoms with E-state index in [0.29, 0.717) is 5.56 Å². The molecule has 0 heterocycles. The summed E-state index contributed by atoms with van der Waals surface area (Å²) in [6.45, 7) is 1.45. The Morgan fingerprint density at radius 2 is 2.00 bits per heavy atom. The molecular formula is C9H9F3N2O2. The highest BCUT2D eigenvalue weighted by molar-refractivity contribution is 5.43. The molecule has 0 bridgehead atoms. The topological polar surface area (TPSA) is 69.2 Å². The zero-order valence-corrected chi connectivity index (χ0v) is 8.28. The van der Waals surface area contributed by atoms with Gasteiger partial charge in [-0.05, 0) is 12.5 Å². The molecule has 0 spiro atoms. The minimum absolute atomic E-state index is 0.295. The van der Waals surface area contributed by atoms with Gasteiger partial charge in [0.25, 0.3) is 5.69 Å². The fraction of sp³-hybridized carbons (Fsp3) is 0.333. The molecule has 0 aliphatic heterocycles. The maximum atomic E-state index is 12.3. The molecule has 1 aromatic carbocycles. The molecule has 0 aromatic heterocycles. The summed E-state index contributed by atoms with van der Waals surface area (Å²) in [4.78, 5) is 9.80. The van der Waals surface area contributed by atoms with Crippen LogP contribution in [0.5, 0.6) is 0 Å². The van der Waals surface area contributed by atoms with Crippen LogP contribution in [0.4, 0.5) is 18.9 Å². The summed E-state index contributed by atoms with van der Waals surface area (Å²) in [5.41, 5.74) is 4.56. The lowest BCUT2D eigenvalue weighted by Gasteiger charge is -2.15. The molecule has 16 heavy (non-hydrogen) atoms. The smallest absolute Gasteiger partial charge is 0.316 e. The van der Waals surface area contributed by atoms with Gasteiger partial charge in [-0.2, -0.15) is 13.2 Å². The van der Waals surface area contributed by atoms with E-state index in [0.717, 1.165) is 12.1 Å². The normalized spacial score (nSPS) is 13.6. The van der Waals surface area contributed by atoms with Crippen molar-refractivity contribution in [1.82, 2.24) is 0 Å². The molecule has 0 radical (unpaired) electrons. The molecule has 0 amide bonds. The number of aryl methyl sites for hydroxylation is 1. The van der Waals surface area contributed by atoms with Crippen LogP contribution in [0.15, 0.2) is 18.2 Å². The molecule has 1 aromatic rings. The molecule has 1 atom stereocenters. The predicted molar refractivity (Wildman–Crippen MR) is 50.8 cm³/mol. The van der Waals surface area contributed by atoms with E-state index < -0.39 is 17.1 Å². The van der Waals surface area contributed by atoms with Gasteiger partial charge in [0.05, 0.1) is 4.92 Å². The van der Waals surface area contributed by atoms with Gasteiger partial charge in [-0.3, -0.25) is 10.1 Å². The highest BCUT2D eigenvalue weighted by Gasteiger charge is 2.38. The molecule has 0 saturated carbocycles. The van der Waals surface area contributed by atoms with E-state index in [4.69, 9.17) is 5.73 Å². The monoisotopic (exact) mass is 234 g/mol. The Balaban J connectivity index is 3.18. The van der Waals surface area contributed by atoms with Gasteiger partial charge in [0.2, 0.25) is 0 Å². The van der Waals surface area contributed by atoms with Crippen molar-refractivity contribution < 1.29 is 18.1 Å². The van der Waals surface area contributed by atoms with Crippen molar-refractivity contribution in [2.24, 2.45) is 5.73 Å². The van der Waals surface area contributed by atoms with Gasteiger partial charge in [-0.25, -0.2) is 0 Å². The average molecular weight is 234 g/mol. The Kier molecular flexibility index (Phi) is 3.18. The molecule has 1 rings (SSSR count). The Morgan fingerprint density at radius 3 is 2.44 bits per heavy atom. The van der Waals surface area contributed by atoms with E-state index in [2.05, 4.69) is 0 Å². The summed E-state index contributed by atoms with van der Waals surface area (Å²) in [6, 6.07) is 1.04. The molecule has 4 nitrogen and oxygen atoms in total. The first-order valence-corrected chi connectivity index (χ1v) is 4.30. The van der Waals surface area contributed by atoms with Crippen LogP contribution in [-0.4, -0.2) is 11.1 Å². The molecule has 0 aliphatic rings. The van der Waals surface area contributed by atoms with Crippen molar-refractivity contribution in [2.75, 3.05) is 0 Å². The molecular weight excluding hydrogens is 225 g/mol. The summed E-state index contributed by atoms with van der Waals surface area (Å²) < 4.78 is 36.8. The number of benzene rings is 1. The van der Waals surface area contributed by atoms with Crippen LogP contribution in [0.3, 0.4) is 0 Å². The first-order valence-electron chi connectivity index (χ1n) is 4.30. The summed E-state index contributed by atoms with van der Waals surface area (Å²) in [6.07, 6.45) is -4.61. The summed E-state index contributed by atoms with van der Waals surface area (Å²) >= 11 is 0. The zero-order chi connectivity index (χ0) is 12.5. The van der Waals surface area contributed by atoms with Gasteiger partial charge in [0, 0.05) is 11.6 Å². The lowest BCUT2D eigenvalue weighted by molar-refractivity contribution is -0.385. The molecule has 0 fully saturated rings. The van der Waals surface area contributed by atoms with Gasteiger partial charge in [0.15, 0.2) is 0 Å². The van der Waals surface area contributed by atoms with E-state index in [-0.39, 0.29) is 11.3 Å². The highest BCUT2D eigenvalue weighted by Crippen LogP contribution is 2.32. The van der Waals surface area contributed by atoms with Crippen LogP contribution in [0.1, 0.15) is 17.2 Å². The van der Waals surface area contributed by atoms with Crippen molar-refractivity contribution >= 4 is 5.69 Å². The maximum absolute atomic E-state index is 12.3. The quantitative estimate of drug-likeness (QED) is 0.631. The van der Waals surface area contributed by atoms with E-state index in [9.17, 15) is 23.3 Å². The maximum Gasteiger partial charge on any atom is 0.407 e. The number of nitro groups is 1. The van der Waals surface area contributed by atoms with E-state index in [1.54, 1.807) is 0 Å². The summed E-state index contributed by atoms with van der Waals surface area (Å²) in [5.74, 6) is 0. The Labute approximate surface area is 89.0 Å². The van der Waals surface area contributed by atoms with E-state index >= 15 is 0 Å². The number of halogens is 3. The molecule has 2 N–H and O–H groups in total. The molecule has 7 heteroatoms. The largest absolute Gasteiger partial charge is 0.407 e. The Hall–Kier alpha value is -1.63. The lowest BCUT2D eigenvalue weighted by atomic mass is 10.0. The second-order valence-electron chi connectivity index (χ2n) is 3.32. The van der Waals surface area contributed by atoms with Crippen LogP contribution in [0.2, 0.25) is 0 Å². The minimum atomic E-state index is -4.61. The molecule has 88 valence electrons. The number of alkyl halides is 3. The van der Waals surface area contributed by atoms with Crippen molar-refractivity contribution in [3.05, 3.63) is 39.4 Å². The van der Waals surface area contributed by atoms with Gasteiger partial charge < -0.3 is 5.73 Å². The van der Waals surface area contributed by atoms with E-state index in [1.165, 1.54) is 13.0 Å². The van der Waals surface area contributed by atoms with Crippen LogP contribution in [0.25, 0.3) is 0 Å². The standard InChI is InChI=1S/C9H9F3N2O2/c1-5-2-3-6(4-7(5)14(15)16)8(13)9(10,11)12/h2-4,8H,13H2,1H3/t8-/m1/s1. The number of nitrogens with zero attached hydrogens (tertiary/aromatic N) is 1. The zero-order valence-electron chi connectivity index (χ0n) is 8.28. The number of nitrogens with two attached hydrogens (primary N) is 1. The van der Waals surface area contributed by atoms with Crippen LogP contribution in [0, 0.1) is 17.0 Å². The van der Waals surface area contributed by atoms with Gasteiger partial charge in [-0.15, -0.1) is 0 Å². The average Bonchev–Trinajstić information content (AvgIpc) is 2.15. The highest BCUT2D eigenvalue weighted by atomic mass is 19.4. The van der Waals surface area contributed by atoms with Crippen molar-refractivity contribution in [3.8, 4) is 0 Å². The third-order valence-electron chi connectivity index (χ3n) is 2.14. The number of rotatable bonds is 2. The molecule has 0 aliphatic carbocycles. The molecule has 0 saturated heterocycles. The number of hydrogen-bond donors (Lipinski definition) is 1. The minimum Gasteiger partial charge on any atom is -0.316 e. The predicted octanol–water partition coefficient (Wildman–Crippen LogP) is 2.47. The van der Waals surface area contributed by atoms with Crippen LogP contribution >= 0.6 is 0 Å². The summed E-state index contributed by atoms with van der Waals surface area (Å²) in [5, 5.41) is 10.5. The number of hydrogen-bond acceptors (Lipinski definition) is 3. The van der Waals surface area contributed by atoms with Gasteiger partial charge in [-0.1, -0.05) is 12.1 Å². The first-order chi connectivity index (χ1) is 7.23. The lowest BCUT2D eigenvalue weighted by Crippen LogP contribution is -2.28. The van der Waals surface area contributed by atoms with Crippen molar-refractivity contribution in [3.63, 3.8) is 0 Å². The fourth-order valence-electron chi connectivity index (χ4n) is 1.21. The third-order valence-corrected chi connectivity index (χ3v) is 2.14. The summed E-state index contributed by atoms with van der Waals surface area (Å²) in [7, 11) is 0.